The van der Waals surface area contributed by atoms with E-state index in [0.717, 1.165) is 4.90 Å². The maximum Gasteiger partial charge on any atom is 0.266 e. The Morgan fingerprint density at radius 1 is 1.19 bits per heavy atom. The van der Waals surface area contributed by atoms with Crippen molar-refractivity contribution in [1.82, 2.24) is 0 Å². The summed E-state index contributed by atoms with van der Waals surface area (Å²) >= 11 is 19.7. The molecule has 0 aliphatic carbocycles. The van der Waals surface area contributed by atoms with E-state index in [9.17, 15) is 9.59 Å². The molecule has 2 amide bonds. The summed E-state index contributed by atoms with van der Waals surface area (Å²) in [6.07, 6.45) is 0. The number of hydrogen-bond acceptors (Lipinski definition) is 4. The Balaban J connectivity index is 1.90. The summed E-state index contributed by atoms with van der Waals surface area (Å²) in [4.78, 5) is 25.2. The molecule has 0 radical (unpaired) electrons. The van der Waals surface area contributed by atoms with Crippen LogP contribution in [0.5, 0.6) is 0 Å². The molecule has 0 saturated heterocycles. The number of halogens is 3. The molecule has 0 aromatic heterocycles. The van der Waals surface area contributed by atoms with Crippen molar-refractivity contribution in [3.8, 4) is 0 Å². The Labute approximate surface area is 175 Å². The maximum atomic E-state index is 13.0. The number of nitrogens with zero attached hydrogens (tertiary/aromatic N) is 2. The van der Waals surface area contributed by atoms with Crippen molar-refractivity contribution < 1.29 is 9.59 Å². The number of carbonyl (C=O) groups excluding carboxylic acids is 2. The monoisotopic (exact) mass is 441 g/mol. The second-order valence-corrected chi connectivity index (χ2v) is 8.18. The normalized spacial score (nSPS) is 16.5. The summed E-state index contributed by atoms with van der Waals surface area (Å²) in [5.41, 5.74) is 1.53. The number of amides is 2. The van der Waals surface area contributed by atoms with E-state index in [1.807, 2.05) is 18.2 Å². The molecule has 9 heteroatoms. The van der Waals surface area contributed by atoms with Gasteiger partial charge in [-0.1, -0.05) is 46.9 Å². The van der Waals surface area contributed by atoms with Gasteiger partial charge in [0.25, 0.3) is 5.91 Å². The van der Waals surface area contributed by atoms with Gasteiger partial charge in [0.05, 0.1) is 21.4 Å². The summed E-state index contributed by atoms with van der Waals surface area (Å²) in [7, 11) is 0. The predicted molar refractivity (Wildman–Crippen MR) is 112 cm³/mol. The number of benzene rings is 2. The van der Waals surface area contributed by atoms with Crippen LogP contribution in [0, 0.1) is 0 Å². The molecule has 1 aliphatic rings. The maximum absolute atomic E-state index is 13.0. The molecule has 0 bridgehead atoms. The van der Waals surface area contributed by atoms with E-state index in [1.165, 1.54) is 35.8 Å². The largest absolute Gasteiger partial charge is 0.325 e. The zero-order valence-corrected chi connectivity index (χ0v) is 17.4. The molecule has 3 rings (SSSR count). The van der Waals surface area contributed by atoms with Gasteiger partial charge in [0, 0.05) is 16.8 Å². The Hall–Kier alpha value is -1.73. The van der Waals surface area contributed by atoms with Gasteiger partial charge < -0.3 is 5.32 Å². The lowest BCUT2D eigenvalue weighted by Gasteiger charge is -2.18. The van der Waals surface area contributed by atoms with Crippen LogP contribution in [0.25, 0.3) is 0 Å². The third-order valence-corrected chi connectivity index (χ3v) is 5.89. The van der Waals surface area contributed by atoms with Crippen LogP contribution in [0.3, 0.4) is 0 Å². The highest BCUT2D eigenvalue weighted by atomic mass is 35.5. The molecule has 0 saturated carbocycles. The first-order valence-electron chi connectivity index (χ1n) is 7.85. The molecule has 2 aromatic rings. The van der Waals surface area contributed by atoms with Crippen LogP contribution in [-0.2, 0) is 9.59 Å². The van der Waals surface area contributed by atoms with Gasteiger partial charge in [-0.05, 0) is 31.2 Å². The van der Waals surface area contributed by atoms with E-state index < -0.39 is 5.25 Å². The van der Waals surface area contributed by atoms with Crippen molar-refractivity contribution in [2.24, 2.45) is 5.10 Å². The number of hydrazone groups is 1. The standard InChI is InChI=1S/C18H14Cl3N3O2S/c1-9-17(27-15-6-4-3-5-14(15)22-10(2)25)18(26)24(23-9)16-12(20)7-11(19)8-13(16)21/h3-8,17H,1-2H3,(H,22,25). The molecular formula is C18H14Cl3N3O2S. The van der Waals surface area contributed by atoms with Crippen LogP contribution >= 0.6 is 46.6 Å². The van der Waals surface area contributed by atoms with Crippen LogP contribution in [0.4, 0.5) is 11.4 Å². The quantitative estimate of drug-likeness (QED) is 0.681. The van der Waals surface area contributed by atoms with Crippen LogP contribution in [0.15, 0.2) is 46.4 Å². The Morgan fingerprint density at radius 3 is 2.44 bits per heavy atom. The SMILES string of the molecule is CC(=O)Nc1ccccc1SC1C(=O)N(c2c(Cl)cc(Cl)cc2Cl)N=C1C. The highest BCUT2D eigenvalue weighted by Gasteiger charge is 2.37. The number of thioether (sulfide) groups is 1. The minimum Gasteiger partial charge on any atom is -0.325 e. The first-order valence-corrected chi connectivity index (χ1v) is 9.86. The lowest BCUT2D eigenvalue weighted by Crippen LogP contribution is -2.29. The van der Waals surface area contributed by atoms with Crippen molar-refractivity contribution in [3.63, 3.8) is 0 Å². The van der Waals surface area contributed by atoms with Gasteiger partial charge in [0.1, 0.15) is 10.9 Å². The van der Waals surface area contributed by atoms with Crippen molar-refractivity contribution in [3.05, 3.63) is 51.5 Å². The fourth-order valence-electron chi connectivity index (χ4n) is 2.57. The molecule has 1 unspecified atom stereocenters. The molecule has 0 spiro atoms. The van der Waals surface area contributed by atoms with Gasteiger partial charge in [0.2, 0.25) is 5.91 Å². The molecule has 2 aromatic carbocycles. The van der Waals surface area contributed by atoms with Crippen LogP contribution in [0.2, 0.25) is 15.1 Å². The van der Waals surface area contributed by atoms with Crippen LogP contribution in [0.1, 0.15) is 13.8 Å². The molecule has 5 nitrogen and oxygen atoms in total. The van der Waals surface area contributed by atoms with Crippen LogP contribution < -0.4 is 10.3 Å². The number of para-hydroxylation sites is 1. The molecular weight excluding hydrogens is 429 g/mol. The van der Waals surface area contributed by atoms with Gasteiger partial charge in [-0.3, -0.25) is 9.59 Å². The highest BCUT2D eigenvalue weighted by Crippen LogP contribution is 2.41. The average molecular weight is 443 g/mol. The lowest BCUT2D eigenvalue weighted by atomic mass is 10.2. The van der Waals surface area contributed by atoms with Crippen LogP contribution in [-0.4, -0.2) is 22.8 Å². The van der Waals surface area contributed by atoms with Gasteiger partial charge in [-0.25, -0.2) is 0 Å². The van der Waals surface area contributed by atoms with E-state index in [4.69, 9.17) is 34.8 Å². The van der Waals surface area contributed by atoms with Crippen molar-refractivity contribution in [2.45, 2.75) is 24.0 Å². The number of hydrogen-bond donors (Lipinski definition) is 1. The molecule has 1 heterocycles. The highest BCUT2D eigenvalue weighted by molar-refractivity contribution is 8.01. The zero-order chi connectivity index (χ0) is 19.7. The minimum absolute atomic E-state index is 0.187. The Morgan fingerprint density at radius 2 is 1.81 bits per heavy atom. The first kappa shape index (κ1) is 20.0. The number of rotatable bonds is 4. The second kappa shape index (κ2) is 8.10. The average Bonchev–Trinajstić information content (AvgIpc) is 2.83. The van der Waals surface area contributed by atoms with Gasteiger partial charge >= 0.3 is 0 Å². The molecule has 27 heavy (non-hydrogen) atoms. The summed E-state index contributed by atoms with van der Waals surface area (Å²) in [5.74, 6) is -0.464. The third-order valence-electron chi connectivity index (χ3n) is 3.71. The fraction of sp³-hybridized carbons (Fsp3) is 0.167. The van der Waals surface area contributed by atoms with Gasteiger partial charge in [-0.15, -0.1) is 11.8 Å². The van der Waals surface area contributed by atoms with Gasteiger partial charge in [0.15, 0.2) is 0 Å². The number of nitrogens with one attached hydrogen (secondary N) is 1. The summed E-state index contributed by atoms with van der Waals surface area (Å²) in [6, 6.07) is 10.3. The molecule has 140 valence electrons. The number of anilines is 2. The van der Waals surface area contributed by atoms with Gasteiger partial charge in [-0.2, -0.15) is 10.1 Å². The van der Waals surface area contributed by atoms with E-state index in [0.29, 0.717) is 22.1 Å². The predicted octanol–water partition coefficient (Wildman–Crippen LogP) is 5.49. The first-order chi connectivity index (χ1) is 12.8. The summed E-state index contributed by atoms with van der Waals surface area (Å²) in [6.45, 7) is 3.19. The molecule has 0 fully saturated rings. The van der Waals surface area contributed by atoms with Crippen molar-refractivity contribution >= 4 is 75.5 Å². The van der Waals surface area contributed by atoms with E-state index in [-0.39, 0.29) is 21.9 Å². The van der Waals surface area contributed by atoms with E-state index >= 15 is 0 Å². The van der Waals surface area contributed by atoms with Crippen molar-refractivity contribution in [1.29, 1.82) is 0 Å². The van der Waals surface area contributed by atoms with Crippen molar-refractivity contribution in [2.75, 3.05) is 10.3 Å². The smallest absolute Gasteiger partial charge is 0.266 e. The summed E-state index contributed by atoms with van der Waals surface area (Å²) in [5, 5.41) is 8.59. The summed E-state index contributed by atoms with van der Waals surface area (Å²) < 4.78 is 0. The second-order valence-electron chi connectivity index (χ2n) is 5.78. The van der Waals surface area contributed by atoms with E-state index in [2.05, 4.69) is 10.4 Å². The fourth-order valence-corrected chi connectivity index (χ4v) is 4.62. The lowest BCUT2D eigenvalue weighted by molar-refractivity contribution is -0.116. The van der Waals surface area contributed by atoms with E-state index in [1.54, 1.807) is 13.0 Å². The Bertz CT molecular complexity index is 942. The third kappa shape index (κ3) is 4.24. The minimum atomic E-state index is -0.567. The number of carbonyl (C=O) groups is 2. The topological polar surface area (TPSA) is 61.8 Å². The molecule has 1 atom stereocenters. The Kier molecular flexibility index (Phi) is 6.01. The molecule has 1 aliphatic heterocycles. The molecule has 1 N–H and O–H groups in total. The zero-order valence-electron chi connectivity index (χ0n) is 14.3.